The van der Waals surface area contributed by atoms with Gasteiger partial charge in [-0.25, -0.2) is 4.98 Å². The van der Waals surface area contributed by atoms with Gasteiger partial charge >= 0.3 is 5.97 Å². The molecule has 1 heterocycles. The Bertz CT molecular complexity index is 397. The van der Waals surface area contributed by atoms with E-state index < -0.39 is 5.97 Å². The fraction of sp³-hybridized carbons (Fsp3) is 0.500. The first kappa shape index (κ1) is 10.9. The Morgan fingerprint density at radius 3 is 2.94 bits per heavy atom. The lowest BCUT2D eigenvalue weighted by atomic mass is 9.87. The molecule has 86 valence electrons. The van der Waals surface area contributed by atoms with Gasteiger partial charge in [-0.1, -0.05) is 6.42 Å². The summed E-state index contributed by atoms with van der Waals surface area (Å²) in [4.78, 5) is 15.2. The van der Waals surface area contributed by atoms with E-state index in [-0.39, 0.29) is 11.8 Å². The van der Waals surface area contributed by atoms with Crippen LogP contribution in [-0.4, -0.2) is 16.1 Å². The van der Waals surface area contributed by atoms with Crippen molar-refractivity contribution >= 4 is 11.8 Å². The molecule has 0 amide bonds. The number of aryl methyl sites for hydroxylation is 1. The van der Waals surface area contributed by atoms with Gasteiger partial charge in [-0.05, 0) is 31.4 Å². The van der Waals surface area contributed by atoms with Gasteiger partial charge in [0, 0.05) is 17.7 Å². The Labute approximate surface area is 94.5 Å². The van der Waals surface area contributed by atoms with Crippen molar-refractivity contribution in [2.75, 3.05) is 5.73 Å². The van der Waals surface area contributed by atoms with Crippen LogP contribution in [0.15, 0.2) is 12.3 Å². The van der Waals surface area contributed by atoms with Crippen molar-refractivity contribution in [3.05, 3.63) is 23.4 Å². The van der Waals surface area contributed by atoms with Gasteiger partial charge in [-0.2, -0.15) is 0 Å². The fourth-order valence-electron chi connectivity index (χ4n) is 2.67. The maximum Gasteiger partial charge on any atom is 0.307 e. The first-order valence-electron chi connectivity index (χ1n) is 5.55. The molecule has 4 nitrogen and oxygen atoms in total. The SMILES string of the molecule is Cc1ccnc(N)c1C1CCCC1C(=O)O. The molecule has 2 atom stereocenters. The molecule has 0 aromatic carbocycles. The summed E-state index contributed by atoms with van der Waals surface area (Å²) in [6, 6.07) is 1.89. The first-order chi connectivity index (χ1) is 7.61. The highest BCUT2D eigenvalue weighted by atomic mass is 16.4. The number of carboxylic acids is 1. The summed E-state index contributed by atoms with van der Waals surface area (Å²) in [5.74, 6) is -0.500. The molecular weight excluding hydrogens is 204 g/mol. The molecule has 0 radical (unpaired) electrons. The molecule has 1 aromatic heterocycles. The Morgan fingerprint density at radius 2 is 2.31 bits per heavy atom. The first-order valence-corrected chi connectivity index (χ1v) is 5.55. The van der Waals surface area contributed by atoms with E-state index in [0.29, 0.717) is 5.82 Å². The van der Waals surface area contributed by atoms with Crippen LogP contribution >= 0.6 is 0 Å². The number of hydrogen-bond acceptors (Lipinski definition) is 3. The molecule has 1 aliphatic carbocycles. The zero-order valence-corrected chi connectivity index (χ0v) is 9.31. The maximum absolute atomic E-state index is 11.1. The number of nitrogen functional groups attached to an aromatic ring is 1. The Kier molecular flexibility index (Phi) is 2.81. The monoisotopic (exact) mass is 220 g/mol. The summed E-state index contributed by atoms with van der Waals surface area (Å²) >= 11 is 0. The third kappa shape index (κ3) is 1.75. The topological polar surface area (TPSA) is 76.2 Å². The molecule has 0 bridgehead atoms. The molecule has 3 N–H and O–H groups in total. The number of carboxylic acid groups (broad SMARTS) is 1. The van der Waals surface area contributed by atoms with Gasteiger partial charge in [0.2, 0.25) is 0 Å². The fourth-order valence-corrected chi connectivity index (χ4v) is 2.67. The van der Waals surface area contributed by atoms with E-state index in [1.165, 1.54) is 0 Å². The summed E-state index contributed by atoms with van der Waals surface area (Å²) < 4.78 is 0. The van der Waals surface area contributed by atoms with E-state index in [9.17, 15) is 4.79 Å². The minimum atomic E-state index is -0.717. The average molecular weight is 220 g/mol. The zero-order valence-electron chi connectivity index (χ0n) is 9.31. The van der Waals surface area contributed by atoms with Crippen LogP contribution in [0.4, 0.5) is 5.82 Å². The zero-order chi connectivity index (χ0) is 11.7. The second-order valence-corrected chi connectivity index (χ2v) is 4.41. The van der Waals surface area contributed by atoms with Gasteiger partial charge in [-0.15, -0.1) is 0 Å². The van der Waals surface area contributed by atoms with Crippen LogP contribution in [0.3, 0.4) is 0 Å². The molecular formula is C12H16N2O2. The van der Waals surface area contributed by atoms with Crippen LogP contribution in [0.2, 0.25) is 0 Å². The van der Waals surface area contributed by atoms with Gasteiger partial charge in [0.1, 0.15) is 5.82 Å². The van der Waals surface area contributed by atoms with Crippen molar-refractivity contribution in [3.63, 3.8) is 0 Å². The molecule has 4 heteroatoms. The molecule has 2 unspecified atom stereocenters. The van der Waals surface area contributed by atoms with Gasteiger partial charge in [-0.3, -0.25) is 4.79 Å². The summed E-state index contributed by atoms with van der Waals surface area (Å²) in [7, 11) is 0. The minimum absolute atomic E-state index is 0.0335. The van der Waals surface area contributed by atoms with E-state index in [1.807, 2.05) is 13.0 Å². The van der Waals surface area contributed by atoms with Crippen LogP contribution in [0, 0.1) is 12.8 Å². The summed E-state index contributed by atoms with van der Waals surface area (Å²) in [5.41, 5.74) is 7.84. The van der Waals surface area contributed by atoms with Crippen molar-refractivity contribution in [3.8, 4) is 0 Å². The average Bonchev–Trinajstić information content (AvgIpc) is 2.66. The number of rotatable bonds is 2. The van der Waals surface area contributed by atoms with Crippen molar-refractivity contribution in [1.82, 2.24) is 4.98 Å². The molecule has 2 rings (SSSR count). The van der Waals surface area contributed by atoms with Crippen molar-refractivity contribution < 1.29 is 9.90 Å². The van der Waals surface area contributed by atoms with E-state index in [1.54, 1.807) is 6.20 Å². The highest BCUT2D eigenvalue weighted by molar-refractivity contribution is 5.72. The van der Waals surface area contributed by atoms with Gasteiger partial charge in [0.15, 0.2) is 0 Å². The van der Waals surface area contributed by atoms with Gasteiger partial charge in [0.05, 0.1) is 5.92 Å². The summed E-state index contributed by atoms with van der Waals surface area (Å²) in [6.07, 6.45) is 4.26. The molecule has 1 fully saturated rings. The largest absolute Gasteiger partial charge is 0.481 e. The Balaban J connectivity index is 2.40. The predicted octanol–water partition coefficient (Wildman–Crippen LogP) is 1.94. The highest BCUT2D eigenvalue weighted by Crippen LogP contribution is 2.42. The van der Waals surface area contributed by atoms with Crippen LogP contribution in [-0.2, 0) is 4.79 Å². The number of carbonyl (C=O) groups is 1. The highest BCUT2D eigenvalue weighted by Gasteiger charge is 2.35. The lowest BCUT2D eigenvalue weighted by molar-refractivity contribution is -0.141. The van der Waals surface area contributed by atoms with Gasteiger partial charge in [0.25, 0.3) is 0 Å². The number of aliphatic carboxylic acids is 1. The Hall–Kier alpha value is -1.58. The number of hydrogen-bond donors (Lipinski definition) is 2. The number of nitrogens with two attached hydrogens (primary N) is 1. The van der Waals surface area contributed by atoms with Crippen molar-refractivity contribution in [2.45, 2.75) is 32.1 Å². The lowest BCUT2D eigenvalue weighted by Crippen LogP contribution is -2.19. The van der Waals surface area contributed by atoms with Crippen LogP contribution in [0.25, 0.3) is 0 Å². The van der Waals surface area contributed by atoms with Crippen LogP contribution in [0.5, 0.6) is 0 Å². The molecule has 0 aliphatic heterocycles. The lowest BCUT2D eigenvalue weighted by Gasteiger charge is -2.19. The second-order valence-electron chi connectivity index (χ2n) is 4.41. The summed E-state index contributed by atoms with van der Waals surface area (Å²) in [6.45, 7) is 1.96. The maximum atomic E-state index is 11.1. The predicted molar refractivity (Wildman–Crippen MR) is 61.1 cm³/mol. The molecule has 1 saturated carbocycles. The van der Waals surface area contributed by atoms with E-state index in [4.69, 9.17) is 10.8 Å². The third-order valence-corrected chi connectivity index (χ3v) is 3.44. The Morgan fingerprint density at radius 1 is 1.56 bits per heavy atom. The minimum Gasteiger partial charge on any atom is -0.481 e. The number of pyridine rings is 1. The van der Waals surface area contributed by atoms with Crippen LogP contribution < -0.4 is 5.73 Å². The number of nitrogens with zero attached hydrogens (tertiary/aromatic N) is 1. The van der Waals surface area contributed by atoms with E-state index >= 15 is 0 Å². The standard InChI is InChI=1S/C12H16N2O2/c1-7-5-6-14-11(13)10(7)8-3-2-4-9(8)12(15)16/h5-6,8-9H,2-4H2,1H3,(H2,13,14)(H,15,16). The molecule has 16 heavy (non-hydrogen) atoms. The number of anilines is 1. The molecule has 1 aliphatic rings. The third-order valence-electron chi connectivity index (χ3n) is 3.44. The van der Waals surface area contributed by atoms with E-state index in [2.05, 4.69) is 4.98 Å². The van der Waals surface area contributed by atoms with Crippen molar-refractivity contribution in [2.24, 2.45) is 5.92 Å². The molecule has 0 spiro atoms. The van der Waals surface area contributed by atoms with Crippen LogP contribution in [0.1, 0.15) is 36.3 Å². The number of aromatic nitrogens is 1. The molecule has 0 saturated heterocycles. The smallest absolute Gasteiger partial charge is 0.307 e. The quantitative estimate of drug-likeness (QED) is 0.798. The van der Waals surface area contributed by atoms with Crippen molar-refractivity contribution in [1.29, 1.82) is 0 Å². The molecule has 1 aromatic rings. The summed E-state index contributed by atoms with van der Waals surface area (Å²) in [5, 5.41) is 9.17. The van der Waals surface area contributed by atoms with Gasteiger partial charge < -0.3 is 10.8 Å². The second kappa shape index (κ2) is 4.12. The van der Waals surface area contributed by atoms with E-state index in [0.717, 1.165) is 30.4 Å². The normalized spacial score (nSPS) is 24.6.